The van der Waals surface area contributed by atoms with Crippen LogP contribution < -0.4 is 16.3 Å². The van der Waals surface area contributed by atoms with E-state index in [1.807, 2.05) is 0 Å². The van der Waals surface area contributed by atoms with Crippen molar-refractivity contribution in [3.8, 4) is 0 Å². The Balaban J connectivity index is 1.87. The van der Waals surface area contributed by atoms with Crippen molar-refractivity contribution in [3.05, 3.63) is 34.4 Å². The fourth-order valence-electron chi connectivity index (χ4n) is 1.71. The summed E-state index contributed by atoms with van der Waals surface area (Å²) in [5.41, 5.74) is -0.0675. The highest BCUT2D eigenvalue weighted by Crippen LogP contribution is 2.05. The zero-order chi connectivity index (χ0) is 11.4. The Morgan fingerprint density at radius 2 is 2.44 bits per heavy atom. The maximum atomic E-state index is 11.6. The van der Waals surface area contributed by atoms with Crippen molar-refractivity contribution in [2.45, 2.75) is 6.42 Å². The summed E-state index contributed by atoms with van der Waals surface area (Å²) in [5.74, 6) is 0.301. The van der Waals surface area contributed by atoms with Gasteiger partial charge in [0.05, 0.1) is 5.56 Å². The van der Waals surface area contributed by atoms with Gasteiger partial charge in [0.15, 0.2) is 0 Å². The normalized spacial score (nSPS) is 19.6. The molecule has 0 aromatic carbocycles. The Labute approximate surface area is 92.8 Å². The summed E-state index contributed by atoms with van der Waals surface area (Å²) >= 11 is 0. The molecule has 5 nitrogen and oxygen atoms in total. The van der Waals surface area contributed by atoms with E-state index in [1.54, 1.807) is 0 Å². The number of amides is 1. The second kappa shape index (κ2) is 4.94. The molecule has 5 heteroatoms. The molecule has 86 valence electrons. The van der Waals surface area contributed by atoms with Gasteiger partial charge in [-0.2, -0.15) is 0 Å². The number of carbonyl (C=O) groups is 1. The van der Waals surface area contributed by atoms with Crippen LogP contribution in [0.15, 0.2) is 27.6 Å². The molecule has 2 N–H and O–H groups in total. The summed E-state index contributed by atoms with van der Waals surface area (Å²) in [5, 5.41) is 6.05. The SMILES string of the molecule is O=C(NCC1CCNC1)c1ccc(=O)oc1. The molecule has 16 heavy (non-hydrogen) atoms. The van der Waals surface area contributed by atoms with Crippen LogP contribution in [0.5, 0.6) is 0 Å². The molecule has 0 bridgehead atoms. The molecule has 1 aromatic rings. The van der Waals surface area contributed by atoms with E-state index >= 15 is 0 Å². The number of carbonyl (C=O) groups excluding carboxylic acids is 1. The van der Waals surface area contributed by atoms with Crippen LogP contribution in [-0.2, 0) is 0 Å². The van der Waals surface area contributed by atoms with Crippen LogP contribution in [0.4, 0.5) is 0 Å². The first-order valence-electron chi connectivity index (χ1n) is 5.33. The molecule has 1 fully saturated rings. The number of rotatable bonds is 3. The fourth-order valence-corrected chi connectivity index (χ4v) is 1.71. The minimum Gasteiger partial charge on any atom is -0.430 e. The number of nitrogens with one attached hydrogen (secondary N) is 2. The average molecular weight is 222 g/mol. The summed E-state index contributed by atoms with van der Waals surface area (Å²) in [6.45, 7) is 2.62. The molecule has 2 heterocycles. The van der Waals surface area contributed by atoms with Gasteiger partial charge < -0.3 is 15.1 Å². The second-order valence-electron chi connectivity index (χ2n) is 3.91. The van der Waals surface area contributed by atoms with Gasteiger partial charge in [0.2, 0.25) is 0 Å². The van der Waals surface area contributed by atoms with Gasteiger partial charge in [-0.05, 0) is 31.5 Å². The van der Waals surface area contributed by atoms with Crippen molar-refractivity contribution >= 4 is 5.91 Å². The lowest BCUT2D eigenvalue weighted by molar-refractivity contribution is 0.0946. The van der Waals surface area contributed by atoms with Crippen LogP contribution in [0.25, 0.3) is 0 Å². The zero-order valence-electron chi connectivity index (χ0n) is 8.86. The van der Waals surface area contributed by atoms with Crippen molar-refractivity contribution < 1.29 is 9.21 Å². The molecule has 0 radical (unpaired) electrons. The van der Waals surface area contributed by atoms with Gasteiger partial charge in [-0.25, -0.2) is 4.79 Å². The molecule has 1 aliphatic heterocycles. The summed E-state index contributed by atoms with van der Waals surface area (Å²) in [4.78, 5) is 22.3. The van der Waals surface area contributed by atoms with Gasteiger partial charge in [-0.1, -0.05) is 0 Å². The van der Waals surface area contributed by atoms with E-state index in [2.05, 4.69) is 15.1 Å². The summed E-state index contributed by atoms with van der Waals surface area (Å²) in [7, 11) is 0. The number of hydrogen-bond donors (Lipinski definition) is 2. The quantitative estimate of drug-likeness (QED) is 0.754. The Hall–Kier alpha value is -1.62. The van der Waals surface area contributed by atoms with Crippen LogP contribution in [-0.4, -0.2) is 25.5 Å². The lowest BCUT2D eigenvalue weighted by Crippen LogP contribution is -2.30. The van der Waals surface area contributed by atoms with E-state index in [0.29, 0.717) is 18.0 Å². The van der Waals surface area contributed by atoms with E-state index < -0.39 is 5.63 Å². The van der Waals surface area contributed by atoms with Gasteiger partial charge in [0.25, 0.3) is 5.91 Å². The summed E-state index contributed by atoms with van der Waals surface area (Å²) in [6, 6.07) is 2.71. The molecule has 0 aliphatic carbocycles. The van der Waals surface area contributed by atoms with E-state index in [1.165, 1.54) is 18.4 Å². The molecule has 1 atom stereocenters. The average Bonchev–Trinajstić information content (AvgIpc) is 2.80. The minimum atomic E-state index is -0.448. The third kappa shape index (κ3) is 2.70. The molecule has 0 saturated carbocycles. The molecular formula is C11H14N2O3. The molecule has 1 aromatic heterocycles. The van der Waals surface area contributed by atoms with Gasteiger partial charge in [-0.15, -0.1) is 0 Å². The third-order valence-electron chi connectivity index (χ3n) is 2.68. The Kier molecular flexibility index (Phi) is 3.36. The summed E-state index contributed by atoms with van der Waals surface area (Å²) < 4.78 is 4.62. The number of hydrogen-bond acceptors (Lipinski definition) is 4. The van der Waals surface area contributed by atoms with Crippen LogP contribution >= 0.6 is 0 Å². The second-order valence-corrected chi connectivity index (χ2v) is 3.91. The fraction of sp³-hybridized carbons (Fsp3) is 0.455. The zero-order valence-corrected chi connectivity index (χ0v) is 8.86. The molecular weight excluding hydrogens is 208 g/mol. The third-order valence-corrected chi connectivity index (χ3v) is 2.68. The van der Waals surface area contributed by atoms with E-state index in [-0.39, 0.29) is 5.91 Å². The standard InChI is InChI=1S/C11H14N2O3/c14-10-2-1-9(7-16-10)11(15)13-6-8-3-4-12-5-8/h1-2,7-8,12H,3-6H2,(H,13,15). The van der Waals surface area contributed by atoms with Crippen molar-refractivity contribution in [3.63, 3.8) is 0 Å². The molecule has 1 unspecified atom stereocenters. The lowest BCUT2D eigenvalue weighted by atomic mass is 10.1. The highest BCUT2D eigenvalue weighted by molar-refractivity contribution is 5.93. The predicted octanol–water partition coefficient (Wildman–Crippen LogP) is -0.0209. The molecule has 1 amide bonds. The lowest BCUT2D eigenvalue weighted by Gasteiger charge is -2.09. The van der Waals surface area contributed by atoms with Gasteiger partial charge in [-0.3, -0.25) is 4.79 Å². The van der Waals surface area contributed by atoms with Gasteiger partial charge >= 0.3 is 5.63 Å². The predicted molar refractivity (Wildman–Crippen MR) is 58.3 cm³/mol. The van der Waals surface area contributed by atoms with Crippen molar-refractivity contribution in [2.24, 2.45) is 5.92 Å². The summed E-state index contributed by atoms with van der Waals surface area (Å²) in [6.07, 6.45) is 2.27. The molecule has 0 spiro atoms. The Morgan fingerprint density at radius 3 is 3.06 bits per heavy atom. The molecule has 1 saturated heterocycles. The van der Waals surface area contributed by atoms with Crippen molar-refractivity contribution in [1.29, 1.82) is 0 Å². The highest BCUT2D eigenvalue weighted by atomic mass is 16.4. The topological polar surface area (TPSA) is 71.3 Å². The van der Waals surface area contributed by atoms with Crippen LogP contribution in [0.1, 0.15) is 16.8 Å². The van der Waals surface area contributed by atoms with E-state index in [4.69, 9.17) is 0 Å². The maximum Gasteiger partial charge on any atom is 0.335 e. The maximum absolute atomic E-state index is 11.6. The highest BCUT2D eigenvalue weighted by Gasteiger charge is 2.15. The first-order valence-corrected chi connectivity index (χ1v) is 5.33. The van der Waals surface area contributed by atoms with E-state index in [0.717, 1.165) is 19.5 Å². The van der Waals surface area contributed by atoms with Crippen LogP contribution in [0, 0.1) is 5.92 Å². The Morgan fingerprint density at radius 1 is 1.56 bits per heavy atom. The van der Waals surface area contributed by atoms with Crippen molar-refractivity contribution in [2.75, 3.05) is 19.6 Å². The molecule has 2 rings (SSSR count). The van der Waals surface area contributed by atoms with Crippen LogP contribution in [0.2, 0.25) is 0 Å². The smallest absolute Gasteiger partial charge is 0.335 e. The first kappa shape index (κ1) is 10.9. The first-order chi connectivity index (χ1) is 7.75. The van der Waals surface area contributed by atoms with E-state index in [9.17, 15) is 9.59 Å². The largest absolute Gasteiger partial charge is 0.430 e. The van der Waals surface area contributed by atoms with Gasteiger partial charge in [0.1, 0.15) is 6.26 Å². The minimum absolute atomic E-state index is 0.198. The molecule has 1 aliphatic rings. The van der Waals surface area contributed by atoms with Gasteiger partial charge in [0, 0.05) is 12.6 Å². The Bertz CT molecular complexity index is 401. The van der Waals surface area contributed by atoms with Crippen molar-refractivity contribution in [1.82, 2.24) is 10.6 Å². The monoisotopic (exact) mass is 222 g/mol. The van der Waals surface area contributed by atoms with Crippen LogP contribution in [0.3, 0.4) is 0 Å².